The van der Waals surface area contributed by atoms with Gasteiger partial charge in [-0.1, -0.05) is 29.8 Å². The van der Waals surface area contributed by atoms with Gasteiger partial charge in [-0.3, -0.25) is 4.90 Å². The molecular formula is C19H23ClN2O4S. The van der Waals surface area contributed by atoms with E-state index in [1.54, 1.807) is 12.1 Å². The molecule has 0 saturated carbocycles. The van der Waals surface area contributed by atoms with Crippen molar-refractivity contribution in [3.63, 3.8) is 0 Å². The van der Waals surface area contributed by atoms with Gasteiger partial charge >= 0.3 is 0 Å². The molecule has 0 aromatic heterocycles. The fourth-order valence-corrected chi connectivity index (χ4v) is 4.52. The SMILES string of the molecule is O=S(=O)(c1ccc(Cl)cc1)N1CCN(CC(O)COc2ccccc2)CC1. The lowest BCUT2D eigenvalue weighted by Gasteiger charge is -2.34. The maximum Gasteiger partial charge on any atom is 0.243 e. The molecule has 0 radical (unpaired) electrons. The number of halogens is 1. The van der Waals surface area contributed by atoms with Crippen molar-refractivity contribution in [2.24, 2.45) is 0 Å². The smallest absolute Gasteiger partial charge is 0.243 e. The maximum absolute atomic E-state index is 12.7. The van der Waals surface area contributed by atoms with Crippen molar-refractivity contribution in [2.45, 2.75) is 11.0 Å². The van der Waals surface area contributed by atoms with Crippen molar-refractivity contribution in [2.75, 3.05) is 39.3 Å². The van der Waals surface area contributed by atoms with Gasteiger partial charge in [-0.25, -0.2) is 8.42 Å². The van der Waals surface area contributed by atoms with Gasteiger partial charge in [0.05, 0.1) is 4.90 Å². The number of sulfonamides is 1. The second kappa shape index (κ2) is 9.03. The van der Waals surface area contributed by atoms with Crippen LogP contribution < -0.4 is 4.74 Å². The van der Waals surface area contributed by atoms with Crippen molar-refractivity contribution in [1.82, 2.24) is 9.21 Å². The van der Waals surface area contributed by atoms with E-state index in [1.165, 1.54) is 16.4 Å². The summed E-state index contributed by atoms with van der Waals surface area (Å²) in [6, 6.07) is 15.5. The highest BCUT2D eigenvalue weighted by Gasteiger charge is 2.29. The van der Waals surface area contributed by atoms with E-state index in [0.29, 0.717) is 37.7 Å². The molecule has 0 spiro atoms. The zero-order valence-corrected chi connectivity index (χ0v) is 16.4. The highest BCUT2D eigenvalue weighted by molar-refractivity contribution is 7.89. The molecule has 1 atom stereocenters. The van der Waals surface area contributed by atoms with Crippen LogP contribution in [-0.2, 0) is 10.0 Å². The molecule has 146 valence electrons. The van der Waals surface area contributed by atoms with Gasteiger partial charge in [0.15, 0.2) is 0 Å². The molecule has 1 unspecified atom stereocenters. The first-order valence-corrected chi connectivity index (χ1v) is 10.6. The topological polar surface area (TPSA) is 70.1 Å². The zero-order chi connectivity index (χ0) is 19.3. The van der Waals surface area contributed by atoms with E-state index >= 15 is 0 Å². The quantitative estimate of drug-likeness (QED) is 0.756. The van der Waals surface area contributed by atoms with Crippen molar-refractivity contribution in [3.8, 4) is 5.75 Å². The normalized spacial score (nSPS) is 17.6. The van der Waals surface area contributed by atoms with Crippen molar-refractivity contribution in [1.29, 1.82) is 0 Å². The van der Waals surface area contributed by atoms with Crippen LogP contribution in [0.15, 0.2) is 59.5 Å². The lowest BCUT2D eigenvalue weighted by atomic mass is 10.3. The largest absolute Gasteiger partial charge is 0.491 e. The van der Waals surface area contributed by atoms with Gasteiger partial charge in [0, 0.05) is 37.7 Å². The first kappa shape index (κ1) is 20.1. The first-order valence-electron chi connectivity index (χ1n) is 8.79. The minimum Gasteiger partial charge on any atom is -0.491 e. The van der Waals surface area contributed by atoms with Gasteiger partial charge in [0.2, 0.25) is 10.0 Å². The van der Waals surface area contributed by atoms with E-state index in [1.807, 2.05) is 35.2 Å². The second-order valence-corrected chi connectivity index (χ2v) is 8.81. The number of hydrogen-bond donors (Lipinski definition) is 1. The Balaban J connectivity index is 1.47. The highest BCUT2D eigenvalue weighted by atomic mass is 35.5. The molecule has 0 bridgehead atoms. The van der Waals surface area contributed by atoms with Gasteiger partial charge in [-0.05, 0) is 36.4 Å². The lowest BCUT2D eigenvalue weighted by molar-refractivity contribution is 0.0569. The van der Waals surface area contributed by atoms with Gasteiger partial charge in [0.25, 0.3) is 0 Å². The minimum atomic E-state index is -3.52. The summed E-state index contributed by atoms with van der Waals surface area (Å²) in [7, 11) is -3.52. The van der Waals surface area contributed by atoms with Gasteiger partial charge in [-0.2, -0.15) is 4.31 Å². The van der Waals surface area contributed by atoms with Crippen LogP contribution in [0, 0.1) is 0 Å². The summed E-state index contributed by atoms with van der Waals surface area (Å²) < 4.78 is 32.4. The van der Waals surface area contributed by atoms with E-state index in [9.17, 15) is 13.5 Å². The van der Waals surface area contributed by atoms with Crippen LogP contribution in [0.3, 0.4) is 0 Å². The number of benzene rings is 2. The third-order valence-corrected chi connectivity index (χ3v) is 6.60. The molecule has 2 aromatic rings. The van der Waals surface area contributed by atoms with E-state index in [0.717, 1.165) is 5.75 Å². The molecule has 1 saturated heterocycles. The van der Waals surface area contributed by atoms with E-state index in [2.05, 4.69) is 0 Å². The van der Waals surface area contributed by atoms with Crippen LogP contribution >= 0.6 is 11.6 Å². The fraction of sp³-hybridized carbons (Fsp3) is 0.368. The molecule has 1 N–H and O–H groups in total. The number of hydrogen-bond acceptors (Lipinski definition) is 5. The first-order chi connectivity index (χ1) is 12.9. The van der Waals surface area contributed by atoms with Crippen molar-refractivity contribution >= 4 is 21.6 Å². The molecule has 8 heteroatoms. The summed E-state index contributed by atoms with van der Waals surface area (Å²) >= 11 is 5.83. The summed E-state index contributed by atoms with van der Waals surface area (Å²) in [6.07, 6.45) is -0.635. The average molecular weight is 411 g/mol. The number of aliphatic hydroxyl groups excluding tert-OH is 1. The number of ether oxygens (including phenoxy) is 1. The molecule has 0 amide bonds. The summed E-state index contributed by atoms with van der Waals surface area (Å²) in [5, 5.41) is 10.7. The maximum atomic E-state index is 12.7. The predicted molar refractivity (Wildman–Crippen MR) is 105 cm³/mol. The Morgan fingerprint density at radius 1 is 1.00 bits per heavy atom. The van der Waals surface area contributed by atoms with Crippen LogP contribution in [0.4, 0.5) is 0 Å². The zero-order valence-electron chi connectivity index (χ0n) is 14.9. The van der Waals surface area contributed by atoms with E-state index in [-0.39, 0.29) is 11.5 Å². The summed E-state index contributed by atoms with van der Waals surface area (Å²) in [5.41, 5.74) is 0. The molecule has 27 heavy (non-hydrogen) atoms. The third kappa shape index (κ3) is 5.43. The van der Waals surface area contributed by atoms with Gasteiger partial charge < -0.3 is 9.84 Å². The second-order valence-electron chi connectivity index (χ2n) is 6.44. The van der Waals surface area contributed by atoms with Crippen LogP contribution in [-0.4, -0.2) is 68.2 Å². The number of rotatable bonds is 7. The van der Waals surface area contributed by atoms with Gasteiger partial charge in [0.1, 0.15) is 18.5 Å². The lowest BCUT2D eigenvalue weighted by Crippen LogP contribution is -2.50. The number of para-hydroxylation sites is 1. The van der Waals surface area contributed by atoms with Crippen LogP contribution in [0.1, 0.15) is 0 Å². The number of piperazine rings is 1. The molecule has 1 aliphatic heterocycles. The molecule has 2 aromatic carbocycles. The van der Waals surface area contributed by atoms with Crippen LogP contribution in [0.25, 0.3) is 0 Å². The number of nitrogens with zero attached hydrogens (tertiary/aromatic N) is 2. The molecule has 6 nitrogen and oxygen atoms in total. The standard InChI is InChI=1S/C19H23ClN2O4S/c20-16-6-8-19(9-7-16)27(24,25)22-12-10-21(11-13-22)14-17(23)15-26-18-4-2-1-3-5-18/h1-9,17,23H,10-15H2. The Morgan fingerprint density at radius 3 is 2.26 bits per heavy atom. The van der Waals surface area contributed by atoms with Crippen molar-refractivity contribution in [3.05, 3.63) is 59.6 Å². The number of aliphatic hydroxyl groups is 1. The Bertz CT molecular complexity index is 823. The van der Waals surface area contributed by atoms with Crippen LogP contribution in [0.2, 0.25) is 5.02 Å². The average Bonchev–Trinajstić information content (AvgIpc) is 2.68. The highest BCUT2D eigenvalue weighted by Crippen LogP contribution is 2.20. The molecule has 1 fully saturated rings. The number of β-amino-alcohol motifs (C(OH)–C–C–N with tert-alkyl or cyclic N) is 1. The van der Waals surface area contributed by atoms with Crippen LogP contribution in [0.5, 0.6) is 5.75 Å². The molecule has 1 heterocycles. The summed E-state index contributed by atoms with van der Waals surface area (Å²) in [5.74, 6) is 0.718. The fourth-order valence-electron chi connectivity index (χ4n) is 2.97. The Hall–Kier alpha value is -1.64. The Labute approximate surface area is 165 Å². The Morgan fingerprint density at radius 2 is 1.63 bits per heavy atom. The van der Waals surface area contributed by atoms with Gasteiger partial charge in [-0.15, -0.1) is 0 Å². The molecule has 0 aliphatic carbocycles. The molecule has 1 aliphatic rings. The summed E-state index contributed by atoms with van der Waals surface area (Å²) in [6.45, 7) is 2.55. The summed E-state index contributed by atoms with van der Waals surface area (Å²) in [4.78, 5) is 2.30. The minimum absolute atomic E-state index is 0.202. The monoisotopic (exact) mass is 410 g/mol. The molecular weight excluding hydrogens is 388 g/mol. The van der Waals surface area contributed by atoms with E-state index in [4.69, 9.17) is 16.3 Å². The third-order valence-electron chi connectivity index (χ3n) is 4.44. The predicted octanol–water partition coefficient (Wildman–Crippen LogP) is 2.09. The Kier molecular flexibility index (Phi) is 6.73. The van der Waals surface area contributed by atoms with Crippen molar-refractivity contribution < 1.29 is 18.3 Å². The van der Waals surface area contributed by atoms with E-state index < -0.39 is 16.1 Å². The molecule has 3 rings (SSSR count).